The highest BCUT2D eigenvalue weighted by molar-refractivity contribution is 5.28. The third-order valence-electron chi connectivity index (χ3n) is 2.74. The number of benzene rings is 1. The van der Waals surface area contributed by atoms with E-state index in [1.807, 2.05) is 31.2 Å². The number of hydrogen-bond donors (Lipinski definition) is 2. The fourth-order valence-corrected chi connectivity index (χ4v) is 1.79. The molecule has 1 unspecified atom stereocenters. The SMILES string of the molecule is Cc1ccnc(NC(CN)Cc2ccccc2)n1. The molecule has 3 N–H and O–H groups in total. The molecule has 4 heteroatoms. The number of anilines is 1. The van der Waals surface area contributed by atoms with Crippen LogP contribution in [0.15, 0.2) is 42.6 Å². The molecule has 1 atom stereocenters. The van der Waals surface area contributed by atoms with Crippen molar-refractivity contribution in [1.82, 2.24) is 9.97 Å². The molecule has 94 valence electrons. The maximum Gasteiger partial charge on any atom is 0.223 e. The van der Waals surface area contributed by atoms with Gasteiger partial charge in [0.25, 0.3) is 0 Å². The minimum absolute atomic E-state index is 0.147. The maximum atomic E-state index is 5.79. The van der Waals surface area contributed by atoms with Gasteiger partial charge in [-0.2, -0.15) is 0 Å². The summed E-state index contributed by atoms with van der Waals surface area (Å²) in [6, 6.07) is 12.3. The van der Waals surface area contributed by atoms with Gasteiger partial charge in [-0.1, -0.05) is 30.3 Å². The van der Waals surface area contributed by atoms with Crippen LogP contribution in [0.5, 0.6) is 0 Å². The summed E-state index contributed by atoms with van der Waals surface area (Å²) in [5.74, 6) is 0.640. The summed E-state index contributed by atoms with van der Waals surface area (Å²) in [6.07, 6.45) is 2.62. The van der Waals surface area contributed by atoms with Crippen LogP contribution in [0.25, 0.3) is 0 Å². The van der Waals surface area contributed by atoms with E-state index in [1.165, 1.54) is 5.56 Å². The average molecular weight is 242 g/mol. The molecule has 4 nitrogen and oxygen atoms in total. The Morgan fingerprint density at radius 3 is 2.67 bits per heavy atom. The van der Waals surface area contributed by atoms with Gasteiger partial charge in [-0.3, -0.25) is 0 Å². The number of nitrogens with zero attached hydrogens (tertiary/aromatic N) is 2. The van der Waals surface area contributed by atoms with Crippen LogP contribution in [0.3, 0.4) is 0 Å². The third kappa shape index (κ3) is 3.53. The predicted octanol–water partition coefficient (Wildman–Crippen LogP) is 1.77. The van der Waals surface area contributed by atoms with Crippen molar-refractivity contribution >= 4 is 5.95 Å². The summed E-state index contributed by atoms with van der Waals surface area (Å²) in [6.45, 7) is 2.49. The average Bonchev–Trinajstić information content (AvgIpc) is 2.39. The molecule has 0 aliphatic rings. The van der Waals surface area contributed by atoms with Crippen LogP contribution < -0.4 is 11.1 Å². The van der Waals surface area contributed by atoms with Crippen LogP contribution in [-0.2, 0) is 6.42 Å². The number of aryl methyl sites for hydroxylation is 1. The van der Waals surface area contributed by atoms with Gasteiger partial charge in [0.05, 0.1) is 0 Å². The Morgan fingerprint density at radius 1 is 1.22 bits per heavy atom. The Kier molecular flexibility index (Phi) is 4.25. The molecule has 2 rings (SSSR count). The van der Waals surface area contributed by atoms with Gasteiger partial charge in [-0.15, -0.1) is 0 Å². The Morgan fingerprint density at radius 2 is 2.00 bits per heavy atom. The van der Waals surface area contributed by atoms with E-state index in [0.29, 0.717) is 12.5 Å². The molecule has 0 aliphatic carbocycles. The summed E-state index contributed by atoms with van der Waals surface area (Å²) in [5, 5.41) is 3.27. The Labute approximate surface area is 107 Å². The van der Waals surface area contributed by atoms with Gasteiger partial charge in [0.15, 0.2) is 0 Å². The van der Waals surface area contributed by atoms with Crippen molar-refractivity contribution in [1.29, 1.82) is 0 Å². The topological polar surface area (TPSA) is 63.8 Å². The van der Waals surface area contributed by atoms with E-state index in [0.717, 1.165) is 12.1 Å². The smallest absolute Gasteiger partial charge is 0.223 e. The Bertz CT molecular complexity index is 484. The van der Waals surface area contributed by atoms with Gasteiger partial charge in [-0.25, -0.2) is 9.97 Å². The van der Waals surface area contributed by atoms with Crippen LogP contribution in [-0.4, -0.2) is 22.6 Å². The van der Waals surface area contributed by atoms with E-state index in [9.17, 15) is 0 Å². The quantitative estimate of drug-likeness (QED) is 0.838. The standard InChI is InChI=1S/C14H18N4/c1-11-7-8-16-14(17-11)18-13(10-15)9-12-5-3-2-4-6-12/h2-8,13H,9-10,15H2,1H3,(H,16,17,18). The van der Waals surface area contributed by atoms with Gasteiger partial charge in [0, 0.05) is 24.5 Å². The number of nitrogens with two attached hydrogens (primary N) is 1. The van der Waals surface area contributed by atoms with Gasteiger partial charge >= 0.3 is 0 Å². The van der Waals surface area contributed by atoms with E-state index in [2.05, 4.69) is 27.4 Å². The molecule has 0 radical (unpaired) electrons. The fourth-order valence-electron chi connectivity index (χ4n) is 1.79. The van der Waals surface area contributed by atoms with E-state index in [-0.39, 0.29) is 6.04 Å². The summed E-state index contributed by atoms with van der Waals surface area (Å²) in [5.41, 5.74) is 7.99. The van der Waals surface area contributed by atoms with Crippen molar-refractivity contribution in [2.45, 2.75) is 19.4 Å². The zero-order valence-corrected chi connectivity index (χ0v) is 10.5. The molecule has 0 saturated carbocycles. The van der Waals surface area contributed by atoms with Crippen LogP contribution in [0.2, 0.25) is 0 Å². The van der Waals surface area contributed by atoms with Crippen molar-refractivity contribution in [2.75, 3.05) is 11.9 Å². The minimum atomic E-state index is 0.147. The molecule has 0 aliphatic heterocycles. The normalized spacial score (nSPS) is 12.1. The molecule has 0 saturated heterocycles. The molecule has 18 heavy (non-hydrogen) atoms. The predicted molar refractivity (Wildman–Crippen MR) is 73.4 cm³/mol. The van der Waals surface area contributed by atoms with Crippen molar-refractivity contribution < 1.29 is 0 Å². The van der Waals surface area contributed by atoms with E-state index >= 15 is 0 Å². The molecule has 0 spiro atoms. The number of rotatable bonds is 5. The Balaban J connectivity index is 2.01. The second kappa shape index (κ2) is 6.12. The molecule has 0 amide bonds. The summed E-state index contributed by atoms with van der Waals surface area (Å²) < 4.78 is 0. The molecule has 0 bridgehead atoms. The summed E-state index contributed by atoms with van der Waals surface area (Å²) in [4.78, 5) is 8.52. The zero-order chi connectivity index (χ0) is 12.8. The van der Waals surface area contributed by atoms with Crippen molar-refractivity contribution in [3.8, 4) is 0 Å². The van der Waals surface area contributed by atoms with Crippen molar-refractivity contribution in [2.24, 2.45) is 5.73 Å². The first-order chi connectivity index (χ1) is 8.78. The molecule has 1 aromatic carbocycles. The van der Waals surface area contributed by atoms with Gasteiger partial charge in [0.1, 0.15) is 0 Å². The zero-order valence-electron chi connectivity index (χ0n) is 10.5. The first-order valence-corrected chi connectivity index (χ1v) is 6.08. The van der Waals surface area contributed by atoms with Gasteiger partial charge in [-0.05, 0) is 25.0 Å². The minimum Gasteiger partial charge on any atom is -0.350 e. The first kappa shape index (κ1) is 12.5. The first-order valence-electron chi connectivity index (χ1n) is 6.08. The summed E-state index contributed by atoms with van der Waals surface area (Å²) >= 11 is 0. The van der Waals surface area contributed by atoms with Crippen molar-refractivity contribution in [3.05, 3.63) is 53.9 Å². The molecule has 1 aromatic heterocycles. The molecular weight excluding hydrogens is 224 g/mol. The highest BCUT2D eigenvalue weighted by atomic mass is 15.1. The second-order valence-electron chi connectivity index (χ2n) is 4.29. The summed E-state index contributed by atoms with van der Waals surface area (Å²) in [7, 11) is 0. The van der Waals surface area contributed by atoms with Crippen LogP contribution in [0, 0.1) is 6.92 Å². The van der Waals surface area contributed by atoms with Crippen LogP contribution in [0.4, 0.5) is 5.95 Å². The lowest BCUT2D eigenvalue weighted by Crippen LogP contribution is -2.31. The van der Waals surface area contributed by atoms with Crippen molar-refractivity contribution in [3.63, 3.8) is 0 Å². The van der Waals surface area contributed by atoms with Crippen LogP contribution >= 0.6 is 0 Å². The van der Waals surface area contributed by atoms with Crippen LogP contribution in [0.1, 0.15) is 11.3 Å². The van der Waals surface area contributed by atoms with E-state index in [1.54, 1.807) is 6.20 Å². The Hall–Kier alpha value is -1.94. The van der Waals surface area contributed by atoms with E-state index < -0.39 is 0 Å². The van der Waals surface area contributed by atoms with Gasteiger partial charge < -0.3 is 11.1 Å². The van der Waals surface area contributed by atoms with Gasteiger partial charge in [0.2, 0.25) is 5.95 Å². The fraction of sp³-hybridized carbons (Fsp3) is 0.286. The lowest BCUT2D eigenvalue weighted by atomic mass is 10.1. The monoisotopic (exact) mass is 242 g/mol. The highest BCUT2D eigenvalue weighted by Crippen LogP contribution is 2.07. The number of aromatic nitrogens is 2. The maximum absolute atomic E-state index is 5.79. The second-order valence-corrected chi connectivity index (χ2v) is 4.29. The largest absolute Gasteiger partial charge is 0.350 e. The number of nitrogens with one attached hydrogen (secondary N) is 1. The van der Waals surface area contributed by atoms with E-state index in [4.69, 9.17) is 5.73 Å². The highest BCUT2D eigenvalue weighted by Gasteiger charge is 2.08. The molecule has 2 aromatic rings. The lowest BCUT2D eigenvalue weighted by molar-refractivity contribution is 0.714. The lowest BCUT2D eigenvalue weighted by Gasteiger charge is -2.16. The third-order valence-corrected chi connectivity index (χ3v) is 2.74. The molecule has 0 fully saturated rings. The molecule has 1 heterocycles. The number of hydrogen-bond acceptors (Lipinski definition) is 4. The molecular formula is C14H18N4.